The molecule has 0 amide bonds. The third kappa shape index (κ3) is 2.02. The summed E-state index contributed by atoms with van der Waals surface area (Å²) < 4.78 is 11.4. The Labute approximate surface area is 78.2 Å². The molecule has 13 heavy (non-hydrogen) atoms. The van der Waals surface area contributed by atoms with E-state index in [1.165, 1.54) is 0 Å². The van der Waals surface area contributed by atoms with Gasteiger partial charge in [-0.2, -0.15) is 0 Å². The number of piperidine rings is 1. The molecule has 2 fully saturated rings. The zero-order valence-corrected chi connectivity index (χ0v) is 7.79. The third-order valence-corrected chi connectivity index (χ3v) is 2.79. The van der Waals surface area contributed by atoms with Gasteiger partial charge in [-0.05, 0) is 0 Å². The minimum Gasteiger partial charge on any atom is -0.396 e. The summed E-state index contributed by atoms with van der Waals surface area (Å²) in [7, 11) is 0. The second-order valence-corrected chi connectivity index (χ2v) is 3.83. The Bertz CT molecular complexity index is 158. The van der Waals surface area contributed by atoms with E-state index in [0.29, 0.717) is 13.2 Å². The van der Waals surface area contributed by atoms with Gasteiger partial charge < -0.3 is 19.9 Å². The monoisotopic (exact) mass is 187 g/mol. The van der Waals surface area contributed by atoms with Gasteiger partial charge in [-0.25, -0.2) is 0 Å². The molecule has 4 nitrogen and oxygen atoms in total. The number of hydrogen-bond donors (Lipinski definition) is 2. The van der Waals surface area contributed by atoms with E-state index in [1.807, 2.05) is 0 Å². The minimum absolute atomic E-state index is 0.161. The smallest absolute Gasteiger partial charge is 0.170 e. The van der Waals surface area contributed by atoms with Gasteiger partial charge in [0.25, 0.3) is 0 Å². The zero-order valence-electron chi connectivity index (χ0n) is 7.79. The number of rotatable bonds is 1. The highest BCUT2D eigenvalue weighted by atomic mass is 16.7. The van der Waals surface area contributed by atoms with Gasteiger partial charge in [0, 0.05) is 31.8 Å². The van der Waals surface area contributed by atoms with Crippen molar-refractivity contribution in [1.82, 2.24) is 5.32 Å². The fraction of sp³-hybridized carbons (Fsp3) is 1.00. The first-order valence-electron chi connectivity index (χ1n) is 4.94. The summed E-state index contributed by atoms with van der Waals surface area (Å²) in [6, 6.07) is 0. The molecule has 2 aliphatic heterocycles. The van der Waals surface area contributed by atoms with Crippen LogP contribution in [0, 0.1) is 5.92 Å². The maximum atomic E-state index is 8.91. The van der Waals surface area contributed by atoms with Crippen LogP contribution >= 0.6 is 0 Å². The molecular weight excluding hydrogens is 170 g/mol. The summed E-state index contributed by atoms with van der Waals surface area (Å²) in [4.78, 5) is 0. The highest BCUT2D eigenvalue weighted by molar-refractivity contribution is 4.81. The topological polar surface area (TPSA) is 50.7 Å². The molecule has 2 aliphatic rings. The summed E-state index contributed by atoms with van der Waals surface area (Å²) >= 11 is 0. The predicted molar refractivity (Wildman–Crippen MR) is 47.3 cm³/mol. The second-order valence-electron chi connectivity index (χ2n) is 3.83. The van der Waals surface area contributed by atoms with E-state index in [9.17, 15) is 0 Å². The van der Waals surface area contributed by atoms with Crippen molar-refractivity contribution in [2.45, 2.75) is 18.6 Å². The molecule has 0 unspecified atom stereocenters. The standard InChI is InChI=1S/C9H17NO3/c11-5-8-6-12-9(13-7-8)1-3-10-4-2-9/h8,10-11H,1-7H2. The number of ether oxygens (including phenoxy) is 2. The van der Waals surface area contributed by atoms with E-state index in [2.05, 4.69) is 5.32 Å². The Morgan fingerprint density at radius 2 is 1.85 bits per heavy atom. The Balaban J connectivity index is 1.87. The van der Waals surface area contributed by atoms with E-state index in [1.54, 1.807) is 0 Å². The SMILES string of the molecule is OCC1COC2(CCNCC2)OC1. The number of aliphatic hydroxyl groups excluding tert-OH is 1. The van der Waals surface area contributed by atoms with Crippen LogP contribution in [0.3, 0.4) is 0 Å². The molecule has 4 heteroatoms. The predicted octanol–water partition coefficient (Wildman–Crippen LogP) is -0.279. The van der Waals surface area contributed by atoms with Gasteiger partial charge >= 0.3 is 0 Å². The van der Waals surface area contributed by atoms with Gasteiger partial charge in [0.2, 0.25) is 0 Å². The van der Waals surface area contributed by atoms with E-state index in [0.717, 1.165) is 25.9 Å². The Morgan fingerprint density at radius 3 is 2.38 bits per heavy atom. The van der Waals surface area contributed by atoms with Crippen molar-refractivity contribution in [2.24, 2.45) is 5.92 Å². The molecule has 76 valence electrons. The van der Waals surface area contributed by atoms with Crippen molar-refractivity contribution in [1.29, 1.82) is 0 Å². The van der Waals surface area contributed by atoms with Crippen LogP contribution in [0.1, 0.15) is 12.8 Å². The molecular formula is C9H17NO3. The summed E-state index contributed by atoms with van der Waals surface area (Å²) in [6.45, 7) is 3.36. The lowest BCUT2D eigenvalue weighted by Crippen LogP contribution is -2.51. The highest BCUT2D eigenvalue weighted by Gasteiger charge is 2.38. The first-order chi connectivity index (χ1) is 6.35. The largest absolute Gasteiger partial charge is 0.396 e. The summed E-state index contributed by atoms with van der Waals surface area (Å²) in [5, 5.41) is 12.2. The second kappa shape index (κ2) is 3.92. The van der Waals surface area contributed by atoms with Crippen molar-refractivity contribution in [2.75, 3.05) is 32.9 Å². The maximum absolute atomic E-state index is 8.91. The van der Waals surface area contributed by atoms with Crippen molar-refractivity contribution < 1.29 is 14.6 Å². The van der Waals surface area contributed by atoms with Crippen LogP contribution < -0.4 is 5.32 Å². The fourth-order valence-electron chi connectivity index (χ4n) is 1.83. The lowest BCUT2D eigenvalue weighted by molar-refractivity contribution is -0.294. The molecule has 0 aromatic heterocycles. The zero-order chi connectivity index (χ0) is 9.15. The molecule has 0 aliphatic carbocycles. The molecule has 2 rings (SSSR count). The Kier molecular flexibility index (Phi) is 2.83. The molecule has 0 atom stereocenters. The third-order valence-electron chi connectivity index (χ3n) is 2.79. The maximum Gasteiger partial charge on any atom is 0.170 e. The lowest BCUT2D eigenvalue weighted by Gasteiger charge is -2.42. The quantitative estimate of drug-likeness (QED) is 0.593. The van der Waals surface area contributed by atoms with Crippen LogP contribution in [0.25, 0.3) is 0 Å². The number of hydrogen-bond acceptors (Lipinski definition) is 4. The molecule has 1 spiro atoms. The van der Waals surface area contributed by atoms with Gasteiger partial charge in [-0.1, -0.05) is 0 Å². The van der Waals surface area contributed by atoms with E-state index in [4.69, 9.17) is 14.6 Å². The summed E-state index contributed by atoms with van der Waals surface area (Å²) in [6.07, 6.45) is 1.84. The molecule has 0 aromatic carbocycles. The van der Waals surface area contributed by atoms with E-state index >= 15 is 0 Å². The molecule has 2 saturated heterocycles. The van der Waals surface area contributed by atoms with Crippen LogP contribution in [-0.2, 0) is 9.47 Å². The van der Waals surface area contributed by atoms with Crippen LogP contribution in [0.2, 0.25) is 0 Å². The molecule has 0 radical (unpaired) electrons. The van der Waals surface area contributed by atoms with Gasteiger partial charge in [-0.3, -0.25) is 0 Å². The van der Waals surface area contributed by atoms with Crippen LogP contribution in [-0.4, -0.2) is 43.8 Å². The van der Waals surface area contributed by atoms with Crippen molar-refractivity contribution in [3.05, 3.63) is 0 Å². The van der Waals surface area contributed by atoms with Gasteiger partial charge in [-0.15, -0.1) is 0 Å². The van der Waals surface area contributed by atoms with Crippen LogP contribution in [0.4, 0.5) is 0 Å². The average Bonchev–Trinajstić information content (AvgIpc) is 2.20. The van der Waals surface area contributed by atoms with Crippen LogP contribution in [0.5, 0.6) is 0 Å². The van der Waals surface area contributed by atoms with Crippen LogP contribution in [0.15, 0.2) is 0 Å². The normalized spacial score (nSPS) is 29.3. The van der Waals surface area contributed by atoms with Gasteiger partial charge in [0.05, 0.1) is 19.8 Å². The molecule has 0 saturated carbocycles. The Hall–Kier alpha value is -0.160. The molecule has 2 N–H and O–H groups in total. The van der Waals surface area contributed by atoms with Crippen molar-refractivity contribution in [3.8, 4) is 0 Å². The number of aliphatic hydroxyl groups is 1. The summed E-state index contributed by atoms with van der Waals surface area (Å²) in [5.41, 5.74) is 0. The summed E-state index contributed by atoms with van der Waals surface area (Å²) in [5.74, 6) is -0.169. The van der Waals surface area contributed by atoms with E-state index in [-0.39, 0.29) is 18.3 Å². The van der Waals surface area contributed by atoms with E-state index < -0.39 is 0 Å². The Morgan fingerprint density at radius 1 is 1.23 bits per heavy atom. The highest BCUT2D eigenvalue weighted by Crippen LogP contribution is 2.29. The molecule has 0 bridgehead atoms. The first kappa shape index (κ1) is 9.40. The minimum atomic E-state index is -0.336. The fourth-order valence-corrected chi connectivity index (χ4v) is 1.83. The lowest BCUT2D eigenvalue weighted by atomic mass is 10.0. The first-order valence-corrected chi connectivity index (χ1v) is 4.94. The molecule has 0 aromatic rings. The molecule has 2 heterocycles. The van der Waals surface area contributed by atoms with Gasteiger partial charge in [0.1, 0.15) is 0 Å². The average molecular weight is 187 g/mol. The van der Waals surface area contributed by atoms with Gasteiger partial charge in [0.15, 0.2) is 5.79 Å². The van der Waals surface area contributed by atoms with Crippen molar-refractivity contribution in [3.63, 3.8) is 0 Å². The number of nitrogens with one attached hydrogen (secondary N) is 1. The van der Waals surface area contributed by atoms with Crippen molar-refractivity contribution >= 4 is 0 Å².